The van der Waals surface area contributed by atoms with Crippen LogP contribution in [0.2, 0.25) is 0 Å². The van der Waals surface area contributed by atoms with Crippen LogP contribution in [-0.2, 0) is 9.59 Å². The predicted molar refractivity (Wildman–Crippen MR) is 139 cm³/mol. The lowest BCUT2D eigenvalue weighted by atomic mass is 9.99. The SMILES string of the molecule is CC(C)c1ccc([C@@H](NC(=O)[C@@H]2C[C@@H](F)CN2C(=O)CN(N)/C(=C\N)N2CCC2)c2ccccc2)nc1F. The van der Waals surface area contributed by atoms with Crippen LogP contribution in [0, 0.1) is 5.95 Å². The van der Waals surface area contributed by atoms with Crippen molar-refractivity contribution in [2.75, 3.05) is 26.2 Å². The molecule has 4 rings (SSSR count). The number of benzene rings is 1. The Morgan fingerprint density at radius 1 is 1.21 bits per heavy atom. The number of halogens is 2. The highest BCUT2D eigenvalue weighted by atomic mass is 19.1. The van der Waals surface area contributed by atoms with E-state index in [1.807, 2.05) is 24.8 Å². The molecule has 0 saturated carbocycles. The van der Waals surface area contributed by atoms with Crippen LogP contribution in [0.4, 0.5) is 8.78 Å². The van der Waals surface area contributed by atoms with Crippen LogP contribution in [0.25, 0.3) is 0 Å². The van der Waals surface area contributed by atoms with Gasteiger partial charge in [-0.2, -0.15) is 4.39 Å². The minimum absolute atomic E-state index is 0.0568. The summed E-state index contributed by atoms with van der Waals surface area (Å²) in [5.41, 5.74) is 7.16. The number of hydrogen-bond acceptors (Lipinski definition) is 7. The van der Waals surface area contributed by atoms with Gasteiger partial charge in [0.25, 0.3) is 0 Å². The van der Waals surface area contributed by atoms with Crippen LogP contribution in [0.15, 0.2) is 54.5 Å². The maximum absolute atomic E-state index is 14.8. The number of carbonyl (C=O) groups excluding carboxylic acids is 2. The molecule has 11 heteroatoms. The zero-order valence-corrected chi connectivity index (χ0v) is 21.7. The zero-order valence-electron chi connectivity index (χ0n) is 21.7. The summed E-state index contributed by atoms with van der Waals surface area (Å²) in [5.74, 6) is 4.90. The van der Waals surface area contributed by atoms with Crippen molar-refractivity contribution in [1.29, 1.82) is 0 Å². The summed E-state index contributed by atoms with van der Waals surface area (Å²) in [6, 6.07) is 10.5. The molecule has 1 aromatic heterocycles. The van der Waals surface area contributed by atoms with E-state index in [9.17, 15) is 18.4 Å². The number of pyridine rings is 1. The summed E-state index contributed by atoms with van der Waals surface area (Å²) >= 11 is 0. The summed E-state index contributed by atoms with van der Waals surface area (Å²) in [5, 5.41) is 4.10. The van der Waals surface area contributed by atoms with E-state index in [1.54, 1.807) is 36.4 Å². The fourth-order valence-corrected chi connectivity index (χ4v) is 4.82. The number of nitrogens with one attached hydrogen (secondary N) is 1. The minimum atomic E-state index is -1.36. The van der Waals surface area contributed by atoms with Gasteiger partial charge in [0.05, 0.1) is 18.3 Å². The number of alkyl halides is 1. The Kier molecular flexibility index (Phi) is 8.45. The van der Waals surface area contributed by atoms with Crippen LogP contribution >= 0.6 is 0 Å². The molecule has 9 nitrogen and oxygen atoms in total. The third-order valence-corrected chi connectivity index (χ3v) is 7.04. The first-order valence-corrected chi connectivity index (χ1v) is 12.8. The Labute approximate surface area is 221 Å². The van der Waals surface area contributed by atoms with Gasteiger partial charge in [-0.05, 0) is 24.0 Å². The average molecular weight is 528 g/mol. The van der Waals surface area contributed by atoms with E-state index in [0.717, 1.165) is 19.5 Å². The van der Waals surface area contributed by atoms with Gasteiger partial charge < -0.3 is 20.9 Å². The fraction of sp³-hybridized carbons (Fsp3) is 0.444. The van der Waals surface area contributed by atoms with E-state index in [4.69, 9.17) is 11.6 Å². The number of hydrogen-bond donors (Lipinski definition) is 3. The second-order valence-corrected chi connectivity index (χ2v) is 10.0. The number of rotatable bonds is 9. The molecule has 2 saturated heterocycles. The van der Waals surface area contributed by atoms with Crippen LogP contribution < -0.4 is 16.9 Å². The smallest absolute Gasteiger partial charge is 0.244 e. The zero-order chi connectivity index (χ0) is 27.4. The van der Waals surface area contributed by atoms with Crippen molar-refractivity contribution in [3.05, 3.63) is 77.3 Å². The molecule has 38 heavy (non-hydrogen) atoms. The Morgan fingerprint density at radius 3 is 2.50 bits per heavy atom. The van der Waals surface area contributed by atoms with Gasteiger partial charge in [0.1, 0.15) is 24.6 Å². The molecule has 2 fully saturated rings. The standard InChI is InChI=1S/C27H35F2N7O2/c1-17(2)20-9-10-21(32-26(20)29)25(18-7-4-3-5-8-18)33-27(38)22-13-19(28)15-35(22)24(37)16-36(31)23(14-30)34-11-6-12-34/h3-5,7-10,14,17,19,22,25H,6,11-13,15-16,30-31H2,1-2H3,(H,33,38)/b23-14-/t19-,22+,25+/m1/s1. The molecule has 0 spiro atoms. The van der Waals surface area contributed by atoms with Crippen LogP contribution in [0.5, 0.6) is 0 Å². The van der Waals surface area contributed by atoms with Gasteiger partial charge in [-0.1, -0.05) is 50.2 Å². The van der Waals surface area contributed by atoms with E-state index in [1.165, 1.54) is 16.1 Å². The topological polar surface area (TPSA) is 121 Å². The van der Waals surface area contributed by atoms with Crippen LogP contribution in [0.3, 0.4) is 0 Å². The molecular formula is C27H35F2N7O2. The van der Waals surface area contributed by atoms with Gasteiger partial charge in [0.2, 0.25) is 17.8 Å². The third kappa shape index (κ3) is 5.88. The highest BCUT2D eigenvalue weighted by molar-refractivity contribution is 5.89. The Balaban J connectivity index is 1.53. The average Bonchev–Trinajstić information content (AvgIpc) is 3.26. The number of hydrazine groups is 1. The van der Waals surface area contributed by atoms with Crippen LogP contribution in [-0.4, -0.2) is 70.0 Å². The molecule has 0 unspecified atom stereocenters. The highest BCUT2D eigenvalue weighted by Gasteiger charge is 2.41. The predicted octanol–water partition coefficient (Wildman–Crippen LogP) is 2.13. The second-order valence-electron chi connectivity index (χ2n) is 10.0. The summed E-state index contributed by atoms with van der Waals surface area (Å²) < 4.78 is 29.3. The highest BCUT2D eigenvalue weighted by Crippen LogP contribution is 2.27. The van der Waals surface area contributed by atoms with E-state index in [-0.39, 0.29) is 25.4 Å². The van der Waals surface area contributed by atoms with Crippen molar-refractivity contribution in [1.82, 2.24) is 25.1 Å². The fourth-order valence-electron chi connectivity index (χ4n) is 4.82. The van der Waals surface area contributed by atoms with Crippen molar-refractivity contribution >= 4 is 11.8 Å². The maximum Gasteiger partial charge on any atom is 0.244 e. The largest absolute Gasteiger partial charge is 0.402 e. The lowest BCUT2D eigenvalue weighted by Crippen LogP contribution is -2.53. The molecule has 3 atom stereocenters. The van der Waals surface area contributed by atoms with Crippen LogP contribution in [0.1, 0.15) is 55.5 Å². The van der Waals surface area contributed by atoms with E-state index in [2.05, 4.69) is 10.3 Å². The molecule has 2 aliphatic rings. The Hall–Kier alpha value is -3.73. The molecule has 2 aliphatic heterocycles. The van der Waals surface area contributed by atoms with Gasteiger partial charge >= 0.3 is 0 Å². The van der Waals surface area contributed by atoms with Gasteiger partial charge in [0, 0.05) is 31.3 Å². The van der Waals surface area contributed by atoms with Gasteiger partial charge in [0.15, 0.2) is 0 Å². The number of nitrogens with zero attached hydrogens (tertiary/aromatic N) is 4. The molecule has 2 aromatic rings. The number of likely N-dealkylation sites (tertiary alicyclic amines) is 2. The van der Waals surface area contributed by atoms with Gasteiger partial charge in [-0.3, -0.25) is 14.6 Å². The Morgan fingerprint density at radius 2 is 1.92 bits per heavy atom. The monoisotopic (exact) mass is 527 g/mol. The van der Waals surface area contributed by atoms with Crippen molar-refractivity contribution in [2.24, 2.45) is 11.6 Å². The first-order valence-electron chi connectivity index (χ1n) is 12.8. The first kappa shape index (κ1) is 27.3. The number of nitrogens with two attached hydrogens (primary N) is 2. The van der Waals surface area contributed by atoms with Gasteiger partial charge in [-0.15, -0.1) is 0 Å². The van der Waals surface area contributed by atoms with Crippen molar-refractivity contribution in [3.8, 4) is 0 Å². The van der Waals surface area contributed by atoms with Gasteiger partial charge in [-0.25, -0.2) is 15.2 Å². The van der Waals surface area contributed by atoms with E-state index < -0.39 is 36.0 Å². The molecule has 2 amide bonds. The summed E-state index contributed by atoms with van der Waals surface area (Å²) in [6.45, 7) is 4.81. The van der Waals surface area contributed by atoms with Crippen molar-refractivity contribution < 1.29 is 18.4 Å². The minimum Gasteiger partial charge on any atom is -0.402 e. The molecule has 3 heterocycles. The quantitative estimate of drug-likeness (QED) is 0.260. The molecule has 204 valence electrons. The molecule has 1 aromatic carbocycles. The first-order chi connectivity index (χ1) is 18.2. The third-order valence-electron chi connectivity index (χ3n) is 7.04. The summed E-state index contributed by atoms with van der Waals surface area (Å²) in [6.07, 6.45) is 0.818. The molecular weight excluding hydrogens is 492 g/mol. The lowest BCUT2D eigenvalue weighted by molar-refractivity contribution is -0.139. The van der Waals surface area contributed by atoms with Crippen molar-refractivity contribution in [2.45, 2.75) is 50.9 Å². The summed E-state index contributed by atoms with van der Waals surface area (Å²) in [7, 11) is 0. The number of carbonyl (C=O) groups is 2. The maximum atomic E-state index is 14.8. The molecule has 5 N–H and O–H groups in total. The normalized spacial score (nSPS) is 20.3. The van der Waals surface area contributed by atoms with E-state index in [0.29, 0.717) is 22.6 Å². The van der Waals surface area contributed by atoms with Crippen molar-refractivity contribution in [3.63, 3.8) is 0 Å². The van der Waals surface area contributed by atoms with E-state index >= 15 is 0 Å². The number of aromatic nitrogens is 1. The number of amides is 2. The second kappa shape index (κ2) is 11.8. The Bertz CT molecular complexity index is 1170. The summed E-state index contributed by atoms with van der Waals surface area (Å²) in [4.78, 5) is 33.9. The molecule has 0 bridgehead atoms. The molecule has 0 radical (unpaired) electrons. The lowest BCUT2D eigenvalue weighted by Gasteiger charge is -2.39. The molecule has 0 aliphatic carbocycles.